The van der Waals surface area contributed by atoms with Gasteiger partial charge in [-0.15, -0.1) is 5.10 Å². The number of amides is 1. The lowest BCUT2D eigenvalue weighted by atomic mass is 10.2. The molecule has 2 N–H and O–H groups in total. The van der Waals surface area contributed by atoms with Gasteiger partial charge >= 0.3 is 0 Å². The summed E-state index contributed by atoms with van der Waals surface area (Å²) in [5.41, 5.74) is 1.33. The van der Waals surface area contributed by atoms with Crippen LogP contribution in [0.2, 0.25) is 0 Å². The van der Waals surface area contributed by atoms with Crippen LogP contribution < -0.4 is 10.9 Å². The van der Waals surface area contributed by atoms with Gasteiger partial charge in [0, 0.05) is 6.54 Å². The maximum absolute atomic E-state index is 12.4. The molecule has 0 spiro atoms. The van der Waals surface area contributed by atoms with E-state index < -0.39 is 0 Å². The average molecular weight is 309 g/mol. The molecule has 0 unspecified atom stereocenters. The predicted octanol–water partition coefficient (Wildman–Crippen LogP) is 1.22. The maximum atomic E-state index is 12.4. The Hall–Kier alpha value is -2.96. The van der Waals surface area contributed by atoms with Gasteiger partial charge in [0.05, 0.1) is 11.9 Å². The van der Waals surface area contributed by atoms with Gasteiger partial charge in [-0.25, -0.2) is 4.52 Å². The number of hydrogen-bond acceptors (Lipinski definition) is 4. The van der Waals surface area contributed by atoms with Crippen LogP contribution in [0.4, 0.5) is 0 Å². The Kier molecular flexibility index (Phi) is 3.18. The van der Waals surface area contributed by atoms with Crippen LogP contribution >= 0.6 is 0 Å². The molecule has 1 aliphatic rings. The molecular weight excluding hydrogens is 294 g/mol. The molecule has 7 heteroatoms. The summed E-state index contributed by atoms with van der Waals surface area (Å²) in [7, 11) is 0. The quantitative estimate of drug-likeness (QED) is 0.758. The maximum Gasteiger partial charge on any atom is 0.276 e. The van der Waals surface area contributed by atoms with Gasteiger partial charge in [-0.2, -0.15) is 0 Å². The molecule has 116 valence electrons. The molecule has 7 nitrogen and oxygen atoms in total. The highest BCUT2D eigenvalue weighted by molar-refractivity contribution is 5.98. The summed E-state index contributed by atoms with van der Waals surface area (Å²) in [6.07, 6.45) is 3.95. The largest absolute Gasteiger partial charge is 0.350 e. The summed E-state index contributed by atoms with van der Waals surface area (Å²) in [6, 6.07) is 9.44. The number of nitrogens with one attached hydrogen (secondary N) is 2. The van der Waals surface area contributed by atoms with Crippen LogP contribution in [0.1, 0.15) is 23.3 Å². The van der Waals surface area contributed by atoms with Crippen LogP contribution in [0, 0.1) is 5.92 Å². The Bertz CT molecular complexity index is 925. The molecule has 23 heavy (non-hydrogen) atoms. The molecular formula is C16H15N5O2. The lowest BCUT2D eigenvalue weighted by Gasteiger charge is -2.03. The van der Waals surface area contributed by atoms with Crippen LogP contribution in [0.15, 0.2) is 41.3 Å². The molecule has 3 aromatic rings. The van der Waals surface area contributed by atoms with Crippen LogP contribution in [-0.2, 0) is 0 Å². The Morgan fingerprint density at radius 1 is 1.30 bits per heavy atom. The van der Waals surface area contributed by atoms with Crippen molar-refractivity contribution in [3.63, 3.8) is 0 Å². The second-order valence-electron chi connectivity index (χ2n) is 5.75. The van der Waals surface area contributed by atoms with Gasteiger partial charge in [0.2, 0.25) is 0 Å². The van der Waals surface area contributed by atoms with Crippen molar-refractivity contribution in [1.82, 2.24) is 25.1 Å². The summed E-state index contributed by atoms with van der Waals surface area (Å²) >= 11 is 0. The first-order valence-corrected chi connectivity index (χ1v) is 7.54. The zero-order valence-corrected chi connectivity index (χ0v) is 12.3. The van der Waals surface area contributed by atoms with Gasteiger partial charge < -0.3 is 10.3 Å². The molecule has 0 bridgehead atoms. The molecule has 1 aromatic carbocycles. The van der Waals surface area contributed by atoms with Crippen LogP contribution in [0.3, 0.4) is 0 Å². The van der Waals surface area contributed by atoms with Crippen molar-refractivity contribution in [1.29, 1.82) is 0 Å². The minimum absolute atomic E-state index is 0.0616. The molecule has 1 fully saturated rings. The Morgan fingerprint density at radius 3 is 2.83 bits per heavy atom. The van der Waals surface area contributed by atoms with E-state index >= 15 is 0 Å². The monoisotopic (exact) mass is 309 g/mol. The normalized spacial score (nSPS) is 14.1. The van der Waals surface area contributed by atoms with Crippen LogP contribution in [0.25, 0.3) is 16.8 Å². The number of carbonyl (C=O) groups excluding carboxylic acids is 1. The van der Waals surface area contributed by atoms with Gasteiger partial charge in [-0.05, 0) is 24.3 Å². The number of benzene rings is 1. The summed E-state index contributed by atoms with van der Waals surface area (Å²) in [5, 5.41) is 10.6. The van der Waals surface area contributed by atoms with Gasteiger partial charge in [0.25, 0.3) is 11.5 Å². The molecule has 1 aliphatic carbocycles. The number of carbonyl (C=O) groups is 1. The molecule has 0 saturated heterocycles. The zero-order chi connectivity index (χ0) is 15.8. The van der Waals surface area contributed by atoms with E-state index in [0.717, 1.165) is 18.4 Å². The summed E-state index contributed by atoms with van der Waals surface area (Å²) in [6.45, 7) is 0.623. The van der Waals surface area contributed by atoms with Gasteiger partial charge in [0.15, 0.2) is 11.2 Å². The number of H-pyrrole nitrogens is 1. The number of aromatic nitrogens is 4. The van der Waals surface area contributed by atoms with Crippen molar-refractivity contribution in [3.05, 3.63) is 52.6 Å². The average Bonchev–Trinajstić information content (AvgIpc) is 3.30. The van der Waals surface area contributed by atoms with Crippen molar-refractivity contribution in [3.8, 4) is 11.3 Å². The summed E-state index contributed by atoms with van der Waals surface area (Å²) < 4.78 is 1.35. The number of fused-ring (bicyclic) bond motifs is 1. The van der Waals surface area contributed by atoms with E-state index in [9.17, 15) is 9.59 Å². The predicted molar refractivity (Wildman–Crippen MR) is 84.1 cm³/mol. The van der Waals surface area contributed by atoms with E-state index in [1.54, 1.807) is 6.20 Å². The van der Waals surface area contributed by atoms with Gasteiger partial charge in [-0.3, -0.25) is 9.59 Å². The van der Waals surface area contributed by atoms with Gasteiger partial charge in [0.1, 0.15) is 0 Å². The van der Waals surface area contributed by atoms with Gasteiger partial charge in [-0.1, -0.05) is 35.5 Å². The summed E-state index contributed by atoms with van der Waals surface area (Å²) in [5.74, 6) is 0.202. The number of aromatic amines is 1. The van der Waals surface area contributed by atoms with E-state index in [-0.39, 0.29) is 22.7 Å². The fourth-order valence-corrected chi connectivity index (χ4v) is 2.49. The summed E-state index contributed by atoms with van der Waals surface area (Å²) in [4.78, 5) is 27.3. The van der Waals surface area contributed by atoms with Crippen molar-refractivity contribution in [2.75, 3.05) is 6.54 Å². The second-order valence-corrected chi connectivity index (χ2v) is 5.75. The molecule has 2 aromatic heterocycles. The highest BCUT2D eigenvalue weighted by atomic mass is 16.2. The lowest BCUT2D eigenvalue weighted by Crippen LogP contribution is -2.27. The smallest absolute Gasteiger partial charge is 0.276 e. The van der Waals surface area contributed by atoms with E-state index in [2.05, 4.69) is 20.6 Å². The number of rotatable bonds is 4. The van der Waals surface area contributed by atoms with Crippen molar-refractivity contribution in [2.24, 2.45) is 5.92 Å². The third-order valence-corrected chi connectivity index (χ3v) is 3.96. The number of hydrogen-bond donors (Lipinski definition) is 2. The molecule has 2 heterocycles. The van der Waals surface area contributed by atoms with Crippen LogP contribution in [-0.4, -0.2) is 32.3 Å². The molecule has 0 aliphatic heterocycles. The fraction of sp³-hybridized carbons (Fsp3) is 0.250. The van der Waals surface area contributed by atoms with E-state index in [0.29, 0.717) is 18.2 Å². The SMILES string of the molecule is O=C(NCC1CC1)c1nnn2cc(-c3ccccc3)[nH]c(=O)c12. The molecule has 1 saturated carbocycles. The lowest BCUT2D eigenvalue weighted by molar-refractivity contribution is 0.0948. The second kappa shape index (κ2) is 5.35. The first-order valence-electron chi connectivity index (χ1n) is 7.54. The highest BCUT2D eigenvalue weighted by Crippen LogP contribution is 2.27. The third kappa shape index (κ3) is 2.61. The van der Waals surface area contributed by atoms with E-state index in [1.165, 1.54) is 4.52 Å². The Balaban J connectivity index is 1.72. The van der Waals surface area contributed by atoms with Crippen LogP contribution in [0.5, 0.6) is 0 Å². The van der Waals surface area contributed by atoms with Crippen molar-refractivity contribution in [2.45, 2.75) is 12.8 Å². The minimum atomic E-state index is -0.382. The topological polar surface area (TPSA) is 92.2 Å². The third-order valence-electron chi connectivity index (χ3n) is 3.96. The van der Waals surface area contributed by atoms with E-state index in [4.69, 9.17) is 0 Å². The molecule has 0 radical (unpaired) electrons. The number of nitrogens with zero attached hydrogens (tertiary/aromatic N) is 3. The van der Waals surface area contributed by atoms with E-state index in [1.807, 2.05) is 30.3 Å². The molecule has 4 rings (SSSR count). The van der Waals surface area contributed by atoms with Crippen molar-refractivity contribution >= 4 is 11.4 Å². The highest BCUT2D eigenvalue weighted by Gasteiger charge is 2.24. The fourth-order valence-electron chi connectivity index (χ4n) is 2.49. The zero-order valence-electron chi connectivity index (χ0n) is 12.3. The first-order chi connectivity index (χ1) is 11.2. The minimum Gasteiger partial charge on any atom is -0.350 e. The molecule has 1 amide bonds. The first kappa shape index (κ1) is 13.7. The Morgan fingerprint density at radius 2 is 2.09 bits per heavy atom. The Labute approximate surface area is 131 Å². The molecule has 0 atom stereocenters. The standard InChI is InChI=1S/C16H15N5O2/c22-15(17-8-10-6-7-10)13-14-16(23)18-12(9-21(14)20-19-13)11-4-2-1-3-5-11/h1-5,9-10H,6-8H2,(H,17,22)(H,18,23). The van der Waals surface area contributed by atoms with Crippen molar-refractivity contribution < 1.29 is 4.79 Å².